The van der Waals surface area contributed by atoms with E-state index in [2.05, 4.69) is 20.0 Å². The Labute approximate surface area is 127 Å². The van der Waals surface area contributed by atoms with Gasteiger partial charge < -0.3 is 4.90 Å². The summed E-state index contributed by atoms with van der Waals surface area (Å²) in [6.45, 7) is 2.84. The molecule has 0 N–H and O–H groups in total. The summed E-state index contributed by atoms with van der Waals surface area (Å²) in [4.78, 5) is 11.0. The van der Waals surface area contributed by atoms with Gasteiger partial charge in [0.1, 0.15) is 11.6 Å². The van der Waals surface area contributed by atoms with Crippen LogP contribution in [0.1, 0.15) is 30.1 Å². The highest BCUT2D eigenvalue weighted by atomic mass is 19.1. The lowest BCUT2D eigenvalue weighted by molar-refractivity contribution is 0.607. The second kappa shape index (κ2) is 5.05. The molecule has 5 nitrogen and oxygen atoms in total. The number of hydrogen-bond acceptors (Lipinski definition) is 4. The van der Waals surface area contributed by atoms with Gasteiger partial charge in [-0.25, -0.2) is 13.9 Å². The molecule has 0 spiro atoms. The summed E-state index contributed by atoms with van der Waals surface area (Å²) in [5, 5.41) is 4.17. The number of halogens is 1. The molecule has 0 saturated carbocycles. The van der Waals surface area contributed by atoms with Crippen LogP contribution in [0.5, 0.6) is 0 Å². The van der Waals surface area contributed by atoms with Crippen molar-refractivity contribution in [2.75, 3.05) is 11.4 Å². The molecule has 0 unspecified atom stereocenters. The van der Waals surface area contributed by atoms with Crippen LogP contribution in [0.4, 0.5) is 10.2 Å². The Bertz CT molecular complexity index is 828. The van der Waals surface area contributed by atoms with Crippen LogP contribution in [-0.4, -0.2) is 26.1 Å². The van der Waals surface area contributed by atoms with E-state index >= 15 is 0 Å². The van der Waals surface area contributed by atoms with Crippen LogP contribution in [0, 0.1) is 12.7 Å². The normalized spacial score (nSPS) is 18.3. The zero-order chi connectivity index (χ0) is 15.1. The molecule has 0 aromatic carbocycles. The highest BCUT2D eigenvalue weighted by Gasteiger charge is 2.29. The Balaban J connectivity index is 1.75. The Morgan fingerprint density at radius 2 is 2.23 bits per heavy atom. The maximum Gasteiger partial charge on any atom is 0.157 e. The predicted octanol–water partition coefficient (Wildman–Crippen LogP) is 2.91. The topological polar surface area (TPSA) is 46.3 Å². The summed E-state index contributed by atoms with van der Waals surface area (Å²) >= 11 is 0. The van der Waals surface area contributed by atoms with Crippen molar-refractivity contribution in [2.45, 2.75) is 25.8 Å². The van der Waals surface area contributed by atoms with Crippen molar-refractivity contribution >= 4 is 11.5 Å². The number of hydrogen-bond donors (Lipinski definition) is 0. The number of anilines is 1. The molecule has 1 saturated heterocycles. The summed E-state index contributed by atoms with van der Waals surface area (Å²) in [5.74, 6) is 0.616. The first-order valence-corrected chi connectivity index (χ1v) is 7.41. The van der Waals surface area contributed by atoms with Crippen LogP contribution in [-0.2, 0) is 0 Å². The third kappa shape index (κ3) is 2.11. The van der Waals surface area contributed by atoms with Crippen molar-refractivity contribution in [3.63, 3.8) is 0 Å². The van der Waals surface area contributed by atoms with Crippen molar-refractivity contribution in [3.05, 3.63) is 53.9 Å². The minimum atomic E-state index is -0.286. The molecule has 4 heterocycles. The number of nitrogens with zero attached hydrogens (tertiary/aromatic N) is 5. The summed E-state index contributed by atoms with van der Waals surface area (Å²) in [6, 6.07) is 5.56. The third-order valence-electron chi connectivity index (χ3n) is 4.24. The summed E-state index contributed by atoms with van der Waals surface area (Å²) in [6.07, 6.45) is 6.96. The van der Waals surface area contributed by atoms with E-state index in [9.17, 15) is 4.39 Å². The average Bonchev–Trinajstić information content (AvgIpc) is 3.17. The minimum Gasteiger partial charge on any atom is -0.349 e. The first-order chi connectivity index (χ1) is 10.7. The molecule has 1 aliphatic heterocycles. The quantitative estimate of drug-likeness (QED) is 0.729. The van der Waals surface area contributed by atoms with E-state index in [1.807, 2.05) is 25.3 Å². The van der Waals surface area contributed by atoms with E-state index in [0.717, 1.165) is 42.1 Å². The number of rotatable bonds is 2. The molecule has 1 aliphatic rings. The van der Waals surface area contributed by atoms with E-state index in [4.69, 9.17) is 0 Å². The van der Waals surface area contributed by atoms with Crippen LogP contribution in [0.15, 0.2) is 36.8 Å². The SMILES string of the molecule is Cc1ncc(F)cc1[C@H]1CCCN1c1ccn2nccc2n1. The highest BCUT2D eigenvalue weighted by molar-refractivity contribution is 5.50. The molecule has 0 aliphatic carbocycles. The van der Waals surface area contributed by atoms with E-state index in [1.54, 1.807) is 16.8 Å². The average molecular weight is 297 g/mol. The van der Waals surface area contributed by atoms with E-state index in [-0.39, 0.29) is 11.9 Å². The van der Waals surface area contributed by atoms with Crippen molar-refractivity contribution in [2.24, 2.45) is 0 Å². The number of aryl methyl sites for hydroxylation is 1. The van der Waals surface area contributed by atoms with Gasteiger partial charge in [0.05, 0.1) is 18.4 Å². The molecule has 0 radical (unpaired) electrons. The molecule has 4 rings (SSSR count). The zero-order valence-corrected chi connectivity index (χ0v) is 12.3. The monoisotopic (exact) mass is 297 g/mol. The summed E-state index contributed by atoms with van der Waals surface area (Å²) in [5.41, 5.74) is 2.65. The summed E-state index contributed by atoms with van der Waals surface area (Å²) in [7, 11) is 0. The second-order valence-electron chi connectivity index (χ2n) is 5.60. The van der Waals surface area contributed by atoms with Gasteiger partial charge in [0.2, 0.25) is 0 Å². The van der Waals surface area contributed by atoms with Crippen LogP contribution in [0.2, 0.25) is 0 Å². The Kier molecular flexibility index (Phi) is 3.03. The smallest absolute Gasteiger partial charge is 0.157 e. The Hall–Kier alpha value is -2.50. The van der Waals surface area contributed by atoms with Crippen molar-refractivity contribution in [3.8, 4) is 0 Å². The van der Waals surface area contributed by atoms with Crippen LogP contribution < -0.4 is 4.90 Å². The lowest BCUT2D eigenvalue weighted by atomic mass is 10.0. The molecule has 0 bridgehead atoms. The van der Waals surface area contributed by atoms with Crippen molar-refractivity contribution in [1.82, 2.24) is 19.6 Å². The molecular weight excluding hydrogens is 281 g/mol. The summed E-state index contributed by atoms with van der Waals surface area (Å²) < 4.78 is 15.3. The van der Waals surface area contributed by atoms with Gasteiger partial charge in [0.25, 0.3) is 0 Å². The number of pyridine rings is 1. The van der Waals surface area contributed by atoms with Crippen LogP contribution >= 0.6 is 0 Å². The minimum absolute atomic E-state index is 0.126. The van der Waals surface area contributed by atoms with E-state index < -0.39 is 0 Å². The fourth-order valence-electron chi connectivity index (χ4n) is 3.19. The van der Waals surface area contributed by atoms with Gasteiger partial charge in [0.15, 0.2) is 5.65 Å². The van der Waals surface area contributed by atoms with Gasteiger partial charge in [-0.2, -0.15) is 5.10 Å². The van der Waals surface area contributed by atoms with Gasteiger partial charge in [-0.3, -0.25) is 4.98 Å². The largest absolute Gasteiger partial charge is 0.349 e. The molecule has 3 aromatic heterocycles. The lowest BCUT2D eigenvalue weighted by Gasteiger charge is -2.27. The van der Waals surface area contributed by atoms with E-state index in [0.29, 0.717) is 0 Å². The molecule has 1 fully saturated rings. The first-order valence-electron chi connectivity index (χ1n) is 7.41. The van der Waals surface area contributed by atoms with Crippen molar-refractivity contribution < 1.29 is 4.39 Å². The predicted molar refractivity (Wildman–Crippen MR) is 81.2 cm³/mol. The highest BCUT2D eigenvalue weighted by Crippen LogP contribution is 2.36. The maximum absolute atomic E-state index is 13.6. The number of fused-ring (bicyclic) bond motifs is 1. The van der Waals surface area contributed by atoms with Gasteiger partial charge in [-0.05, 0) is 37.5 Å². The van der Waals surface area contributed by atoms with E-state index in [1.165, 1.54) is 6.20 Å². The zero-order valence-electron chi connectivity index (χ0n) is 12.3. The second-order valence-corrected chi connectivity index (χ2v) is 5.60. The Morgan fingerprint density at radius 1 is 1.32 bits per heavy atom. The first kappa shape index (κ1) is 13.2. The molecule has 0 amide bonds. The van der Waals surface area contributed by atoms with Crippen molar-refractivity contribution in [1.29, 1.82) is 0 Å². The van der Waals surface area contributed by atoms with Crippen LogP contribution in [0.25, 0.3) is 5.65 Å². The molecule has 112 valence electrons. The fraction of sp³-hybridized carbons (Fsp3) is 0.312. The molecule has 6 heteroatoms. The Morgan fingerprint density at radius 3 is 3.14 bits per heavy atom. The molecular formula is C16H16FN5. The standard InChI is InChI=1S/C16H16FN5/c1-11-13(9-12(17)10-18-11)14-3-2-7-21(14)15-5-8-22-16(20-15)4-6-19-22/h4-6,8-10,14H,2-3,7H2,1H3/t14-/m1/s1. The maximum atomic E-state index is 13.6. The number of aromatic nitrogens is 4. The van der Waals surface area contributed by atoms with Gasteiger partial charge in [0, 0.05) is 24.5 Å². The van der Waals surface area contributed by atoms with Gasteiger partial charge >= 0.3 is 0 Å². The van der Waals surface area contributed by atoms with Gasteiger partial charge in [-0.15, -0.1) is 0 Å². The van der Waals surface area contributed by atoms with Crippen LogP contribution in [0.3, 0.4) is 0 Å². The lowest BCUT2D eigenvalue weighted by Crippen LogP contribution is -2.24. The molecule has 3 aromatic rings. The fourth-order valence-corrected chi connectivity index (χ4v) is 3.19. The molecule has 22 heavy (non-hydrogen) atoms. The van der Waals surface area contributed by atoms with Gasteiger partial charge in [-0.1, -0.05) is 0 Å². The molecule has 1 atom stereocenters. The third-order valence-corrected chi connectivity index (χ3v) is 4.24.